The molecule has 32 heavy (non-hydrogen) atoms. The van der Waals surface area contributed by atoms with E-state index in [0.717, 1.165) is 17.9 Å². The second-order valence-corrected chi connectivity index (χ2v) is 7.89. The van der Waals surface area contributed by atoms with Gasteiger partial charge in [-0.25, -0.2) is 4.98 Å². The Morgan fingerprint density at radius 2 is 2.19 bits per heavy atom. The number of alkyl halides is 3. The molecular formula is C22H26F3N5O2. The number of rotatable bonds is 7. The second-order valence-electron chi connectivity index (χ2n) is 7.89. The summed E-state index contributed by atoms with van der Waals surface area (Å²) in [5.41, 5.74) is 4.29. The highest BCUT2D eigenvalue weighted by molar-refractivity contribution is 5.99. The van der Waals surface area contributed by atoms with E-state index in [4.69, 9.17) is 15.9 Å². The first-order valence-electron chi connectivity index (χ1n) is 10.2. The number of aromatic amines is 1. The van der Waals surface area contributed by atoms with Crippen molar-refractivity contribution in [1.82, 2.24) is 9.97 Å². The van der Waals surface area contributed by atoms with Gasteiger partial charge in [0.25, 0.3) is 5.56 Å². The largest absolute Gasteiger partial charge is 0.501 e. The van der Waals surface area contributed by atoms with Gasteiger partial charge in [0, 0.05) is 24.8 Å². The van der Waals surface area contributed by atoms with E-state index in [2.05, 4.69) is 15.3 Å². The van der Waals surface area contributed by atoms with Gasteiger partial charge in [0.05, 0.1) is 18.4 Å². The number of nitrogens with one attached hydrogen (secondary N) is 3. The molecule has 3 atom stereocenters. The molecule has 0 aromatic carbocycles. The van der Waals surface area contributed by atoms with Gasteiger partial charge in [-0.3, -0.25) is 10.2 Å². The number of ether oxygens (including phenoxy) is 1. The molecule has 0 saturated carbocycles. The Morgan fingerprint density at radius 3 is 2.78 bits per heavy atom. The molecule has 0 fully saturated rings. The molecule has 1 aromatic rings. The summed E-state index contributed by atoms with van der Waals surface area (Å²) in [6, 6.07) is -0.352. The zero-order valence-electron chi connectivity index (χ0n) is 17.8. The summed E-state index contributed by atoms with van der Waals surface area (Å²) in [5, 5.41) is 10.9. The first-order chi connectivity index (χ1) is 15.1. The summed E-state index contributed by atoms with van der Waals surface area (Å²) in [5.74, 6) is 0.758. The number of hydrogen-bond donors (Lipinski definition) is 4. The van der Waals surface area contributed by atoms with Crippen LogP contribution in [0, 0.1) is 17.2 Å². The third kappa shape index (κ3) is 5.49. The number of hydrogen-bond acceptors (Lipinski definition) is 5. The standard InChI is InChI=1S/C22H26F3N5O2/c1-12(14-6-8-15(9-7-14)22(23,24)25)28-20-18(19(26)27)21(31)30-17(29-20)11-13-4-3-5-16(10-13)32-2/h3-6,8-9,12-14H,7,10-11H2,1-2H3,(H3,26,27)(H2,28,29,30,31). The molecule has 10 heteroatoms. The maximum absolute atomic E-state index is 12.8. The van der Waals surface area contributed by atoms with Crippen LogP contribution in [-0.4, -0.2) is 35.1 Å². The van der Waals surface area contributed by atoms with E-state index in [1.807, 2.05) is 18.2 Å². The molecule has 172 valence electrons. The van der Waals surface area contributed by atoms with Gasteiger partial charge in [0.15, 0.2) is 0 Å². The topological polar surface area (TPSA) is 117 Å². The van der Waals surface area contributed by atoms with Gasteiger partial charge >= 0.3 is 6.18 Å². The number of anilines is 1. The minimum atomic E-state index is -4.38. The van der Waals surface area contributed by atoms with Gasteiger partial charge in [-0.1, -0.05) is 30.4 Å². The Kier molecular flexibility index (Phi) is 6.90. The van der Waals surface area contributed by atoms with Crippen molar-refractivity contribution in [2.45, 2.75) is 38.4 Å². The summed E-state index contributed by atoms with van der Waals surface area (Å²) in [6.07, 6.45) is 6.36. The minimum Gasteiger partial charge on any atom is -0.501 e. The molecule has 0 amide bonds. The number of allylic oxidation sites excluding steroid dienone is 7. The molecule has 1 aromatic heterocycles. The van der Waals surface area contributed by atoms with Crippen LogP contribution in [-0.2, 0) is 11.2 Å². The Balaban J connectivity index is 1.79. The van der Waals surface area contributed by atoms with Gasteiger partial charge in [-0.15, -0.1) is 0 Å². The van der Waals surface area contributed by atoms with Gasteiger partial charge in [-0.2, -0.15) is 13.2 Å². The van der Waals surface area contributed by atoms with Crippen LogP contribution in [0.3, 0.4) is 0 Å². The summed E-state index contributed by atoms with van der Waals surface area (Å²) < 4.78 is 43.8. The van der Waals surface area contributed by atoms with Crippen molar-refractivity contribution in [1.29, 1.82) is 5.41 Å². The van der Waals surface area contributed by atoms with Crippen molar-refractivity contribution in [2.75, 3.05) is 12.4 Å². The molecule has 2 aliphatic rings. The number of H-pyrrole nitrogens is 1. The number of aromatic nitrogens is 2. The van der Waals surface area contributed by atoms with Crippen molar-refractivity contribution in [3.8, 4) is 0 Å². The van der Waals surface area contributed by atoms with Crippen molar-refractivity contribution in [3.63, 3.8) is 0 Å². The van der Waals surface area contributed by atoms with Crippen LogP contribution in [0.1, 0.15) is 31.2 Å². The quantitative estimate of drug-likeness (QED) is 0.375. The average molecular weight is 449 g/mol. The average Bonchev–Trinajstić information content (AvgIpc) is 2.72. The van der Waals surface area contributed by atoms with Crippen molar-refractivity contribution >= 4 is 11.7 Å². The van der Waals surface area contributed by atoms with Crippen molar-refractivity contribution < 1.29 is 17.9 Å². The van der Waals surface area contributed by atoms with E-state index in [-0.39, 0.29) is 35.7 Å². The van der Waals surface area contributed by atoms with Crippen LogP contribution < -0.4 is 16.6 Å². The predicted octanol–water partition coefficient (Wildman–Crippen LogP) is 3.57. The third-order valence-electron chi connectivity index (χ3n) is 5.55. The molecule has 0 bridgehead atoms. The first-order valence-corrected chi connectivity index (χ1v) is 10.2. The van der Waals surface area contributed by atoms with E-state index in [0.29, 0.717) is 18.7 Å². The molecule has 3 rings (SSSR count). The summed E-state index contributed by atoms with van der Waals surface area (Å²) >= 11 is 0. The molecule has 0 spiro atoms. The van der Waals surface area contributed by atoms with Gasteiger partial charge < -0.3 is 20.8 Å². The molecule has 2 aliphatic carbocycles. The smallest absolute Gasteiger partial charge is 0.416 e. The van der Waals surface area contributed by atoms with Crippen LogP contribution in [0.15, 0.2) is 52.6 Å². The Morgan fingerprint density at radius 1 is 1.44 bits per heavy atom. The number of nitrogens with zero attached hydrogens (tertiary/aromatic N) is 1. The second kappa shape index (κ2) is 9.46. The van der Waals surface area contributed by atoms with E-state index >= 15 is 0 Å². The lowest BCUT2D eigenvalue weighted by Gasteiger charge is -2.26. The molecule has 5 N–H and O–H groups in total. The van der Waals surface area contributed by atoms with Crippen LogP contribution >= 0.6 is 0 Å². The number of nitrogen functional groups attached to an aromatic ring is 1. The Hall–Kier alpha value is -3.30. The van der Waals surface area contributed by atoms with E-state index < -0.39 is 23.1 Å². The molecule has 1 heterocycles. The number of halogens is 3. The molecule has 0 aliphatic heterocycles. The lowest BCUT2D eigenvalue weighted by Crippen LogP contribution is -2.33. The van der Waals surface area contributed by atoms with E-state index in [1.165, 1.54) is 6.08 Å². The normalized spacial score (nSPS) is 21.5. The van der Waals surface area contributed by atoms with Crippen LogP contribution in [0.25, 0.3) is 0 Å². The monoisotopic (exact) mass is 449 g/mol. The number of methoxy groups -OCH3 is 1. The fraction of sp³-hybridized carbons (Fsp3) is 0.409. The Bertz CT molecular complexity index is 1050. The van der Waals surface area contributed by atoms with Crippen LogP contribution in [0.5, 0.6) is 0 Å². The van der Waals surface area contributed by atoms with Gasteiger partial charge in [0.1, 0.15) is 23.0 Å². The zero-order valence-corrected chi connectivity index (χ0v) is 17.8. The van der Waals surface area contributed by atoms with E-state index in [9.17, 15) is 18.0 Å². The first kappa shape index (κ1) is 23.4. The summed E-state index contributed by atoms with van der Waals surface area (Å²) in [7, 11) is 1.60. The van der Waals surface area contributed by atoms with E-state index in [1.54, 1.807) is 14.0 Å². The SMILES string of the molecule is COC1=CC=CC(Cc2nc(NC(C)C3C=CC(C(F)(F)F)=CC3)c(C(=N)N)c(=O)[nH]2)C1. The lowest BCUT2D eigenvalue weighted by atomic mass is 9.90. The lowest BCUT2D eigenvalue weighted by molar-refractivity contribution is -0.0887. The van der Waals surface area contributed by atoms with Crippen molar-refractivity contribution in [3.05, 3.63) is 69.5 Å². The molecular weight excluding hydrogens is 423 g/mol. The maximum atomic E-state index is 12.8. The molecule has 0 radical (unpaired) electrons. The molecule has 0 saturated heterocycles. The van der Waals surface area contributed by atoms with Gasteiger partial charge in [0.2, 0.25) is 0 Å². The minimum absolute atomic E-state index is 0.0683. The van der Waals surface area contributed by atoms with Crippen LogP contribution in [0.2, 0.25) is 0 Å². The highest BCUT2D eigenvalue weighted by atomic mass is 19.4. The summed E-state index contributed by atoms with van der Waals surface area (Å²) in [6.45, 7) is 1.79. The summed E-state index contributed by atoms with van der Waals surface area (Å²) in [4.78, 5) is 19.8. The van der Waals surface area contributed by atoms with Crippen molar-refractivity contribution in [2.24, 2.45) is 17.6 Å². The fourth-order valence-corrected chi connectivity index (χ4v) is 3.77. The fourth-order valence-electron chi connectivity index (χ4n) is 3.77. The zero-order chi connectivity index (χ0) is 23.5. The highest BCUT2D eigenvalue weighted by Gasteiger charge is 2.33. The maximum Gasteiger partial charge on any atom is 0.416 e. The Labute approximate surface area is 183 Å². The van der Waals surface area contributed by atoms with Gasteiger partial charge in [-0.05, 0) is 25.3 Å². The number of amidine groups is 1. The predicted molar refractivity (Wildman–Crippen MR) is 116 cm³/mol. The highest BCUT2D eigenvalue weighted by Crippen LogP contribution is 2.32. The third-order valence-corrected chi connectivity index (χ3v) is 5.55. The molecule has 3 unspecified atom stereocenters. The molecule has 7 nitrogen and oxygen atoms in total. The van der Waals surface area contributed by atoms with Crippen LogP contribution in [0.4, 0.5) is 19.0 Å². The number of nitrogens with two attached hydrogens (primary N) is 1.